The van der Waals surface area contributed by atoms with Crippen LogP contribution >= 0.6 is 0 Å². The minimum atomic E-state index is -0.448. The maximum Gasteiger partial charge on any atom is 0.237 e. The molecule has 3 N–H and O–H groups in total. The Labute approximate surface area is 116 Å². The van der Waals surface area contributed by atoms with Crippen molar-refractivity contribution in [1.29, 1.82) is 0 Å². The predicted octanol–water partition coefficient (Wildman–Crippen LogP) is 1.10. The number of carbonyl (C=O) groups is 1. The minimum absolute atomic E-state index is 0.171. The fourth-order valence-electron chi connectivity index (χ4n) is 3.54. The van der Waals surface area contributed by atoms with E-state index >= 15 is 0 Å². The van der Waals surface area contributed by atoms with Gasteiger partial charge in [-0.3, -0.25) is 9.69 Å². The molecule has 0 spiro atoms. The Balaban J connectivity index is 1.63. The van der Waals surface area contributed by atoms with Gasteiger partial charge in [-0.2, -0.15) is 0 Å². The first-order chi connectivity index (χ1) is 9.13. The van der Waals surface area contributed by atoms with Crippen molar-refractivity contribution in [2.75, 3.05) is 20.1 Å². The van der Waals surface area contributed by atoms with Crippen LogP contribution in [0.25, 0.3) is 0 Å². The van der Waals surface area contributed by atoms with E-state index in [-0.39, 0.29) is 5.91 Å². The third kappa shape index (κ3) is 2.95. The van der Waals surface area contributed by atoms with Gasteiger partial charge in [-0.25, -0.2) is 0 Å². The summed E-state index contributed by atoms with van der Waals surface area (Å²) in [4.78, 5) is 14.4. The molecule has 0 aliphatic heterocycles. The summed E-state index contributed by atoms with van der Waals surface area (Å²) in [5.41, 5.74) is 5.16. The van der Waals surface area contributed by atoms with Crippen LogP contribution in [0.15, 0.2) is 0 Å². The molecule has 3 saturated carbocycles. The maximum atomic E-state index is 11.7. The highest BCUT2D eigenvalue weighted by Crippen LogP contribution is 2.39. The molecule has 0 radical (unpaired) electrons. The topological polar surface area (TPSA) is 58.4 Å². The van der Waals surface area contributed by atoms with Gasteiger partial charge in [-0.15, -0.1) is 0 Å². The highest BCUT2D eigenvalue weighted by atomic mass is 16.1. The van der Waals surface area contributed by atoms with Crippen LogP contribution in [-0.2, 0) is 4.79 Å². The summed E-state index contributed by atoms with van der Waals surface area (Å²) >= 11 is 0. The highest BCUT2D eigenvalue weighted by Gasteiger charge is 2.45. The second-order valence-corrected chi connectivity index (χ2v) is 6.93. The van der Waals surface area contributed by atoms with E-state index in [0.29, 0.717) is 6.04 Å². The van der Waals surface area contributed by atoms with Crippen LogP contribution in [0.5, 0.6) is 0 Å². The molecule has 4 nitrogen and oxygen atoms in total. The van der Waals surface area contributed by atoms with Crippen LogP contribution in [0.1, 0.15) is 44.9 Å². The smallest absolute Gasteiger partial charge is 0.237 e. The first-order valence-corrected chi connectivity index (χ1v) is 7.86. The van der Waals surface area contributed by atoms with E-state index in [0.717, 1.165) is 31.1 Å². The van der Waals surface area contributed by atoms with Crippen molar-refractivity contribution in [1.82, 2.24) is 10.2 Å². The number of nitrogens with two attached hydrogens (primary N) is 1. The summed E-state index contributed by atoms with van der Waals surface area (Å²) in [7, 11) is 1.87. The van der Waals surface area contributed by atoms with Crippen molar-refractivity contribution in [3.8, 4) is 0 Å². The molecule has 0 heterocycles. The average Bonchev–Trinajstić information content (AvgIpc) is 3.31. The summed E-state index contributed by atoms with van der Waals surface area (Å²) in [5.74, 6) is 1.68. The number of nitrogens with one attached hydrogen (secondary N) is 1. The molecule has 19 heavy (non-hydrogen) atoms. The Hall–Kier alpha value is -0.610. The molecule has 3 aliphatic rings. The number of likely N-dealkylation sites (N-methyl/N-ethyl adjacent to an activating group) is 1. The molecular formula is C15H27N3O. The number of primary amides is 1. The molecule has 4 heteroatoms. The zero-order chi connectivity index (χ0) is 13.5. The number of carbonyl (C=O) groups excluding carboxylic acids is 1. The second kappa shape index (κ2) is 5.06. The fourth-order valence-corrected chi connectivity index (χ4v) is 3.54. The van der Waals surface area contributed by atoms with Crippen LogP contribution in [0.2, 0.25) is 0 Å². The van der Waals surface area contributed by atoms with E-state index in [1.807, 2.05) is 7.05 Å². The number of nitrogens with zero attached hydrogens (tertiary/aromatic N) is 1. The van der Waals surface area contributed by atoms with Gasteiger partial charge >= 0.3 is 0 Å². The Morgan fingerprint density at radius 2 is 1.79 bits per heavy atom. The van der Waals surface area contributed by atoms with Crippen molar-refractivity contribution < 1.29 is 4.79 Å². The zero-order valence-electron chi connectivity index (χ0n) is 12.0. The minimum Gasteiger partial charge on any atom is -0.368 e. The first kappa shape index (κ1) is 13.4. The molecule has 3 rings (SSSR count). The average molecular weight is 265 g/mol. The molecule has 2 unspecified atom stereocenters. The van der Waals surface area contributed by atoms with E-state index in [1.54, 1.807) is 0 Å². The van der Waals surface area contributed by atoms with E-state index in [4.69, 9.17) is 5.73 Å². The number of hydrogen-bond donors (Lipinski definition) is 2. The normalized spacial score (nSPS) is 34.9. The SMILES string of the molecule is CNC1(C(N)=O)CCC(N(CC2CC2)CC2CC2)C1. The summed E-state index contributed by atoms with van der Waals surface area (Å²) in [6.45, 7) is 2.50. The van der Waals surface area contributed by atoms with Gasteiger partial charge in [-0.1, -0.05) is 0 Å². The number of amides is 1. The third-order valence-corrected chi connectivity index (χ3v) is 5.33. The van der Waals surface area contributed by atoms with Crippen LogP contribution in [-0.4, -0.2) is 42.5 Å². The van der Waals surface area contributed by atoms with Gasteiger partial charge in [0, 0.05) is 19.1 Å². The zero-order valence-corrected chi connectivity index (χ0v) is 12.0. The number of hydrogen-bond acceptors (Lipinski definition) is 3. The lowest BCUT2D eigenvalue weighted by Gasteiger charge is -2.31. The van der Waals surface area contributed by atoms with Gasteiger partial charge in [0.15, 0.2) is 0 Å². The fraction of sp³-hybridized carbons (Fsp3) is 0.933. The van der Waals surface area contributed by atoms with Gasteiger partial charge in [-0.05, 0) is 63.8 Å². The Bertz CT molecular complexity index is 337. The predicted molar refractivity (Wildman–Crippen MR) is 75.6 cm³/mol. The van der Waals surface area contributed by atoms with Gasteiger partial charge in [0.05, 0.1) is 5.54 Å². The van der Waals surface area contributed by atoms with Gasteiger partial charge < -0.3 is 11.1 Å². The van der Waals surface area contributed by atoms with Crippen molar-refractivity contribution in [3.63, 3.8) is 0 Å². The Morgan fingerprint density at radius 1 is 1.21 bits per heavy atom. The largest absolute Gasteiger partial charge is 0.368 e. The lowest BCUT2D eigenvalue weighted by atomic mass is 9.96. The lowest BCUT2D eigenvalue weighted by molar-refractivity contribution is -0.124. The van der Waals surface area contributed by atoms with E-state index < -0.39 is 5.54 Å². The van der Waals surface area contributed by atoms with Crippen LogP contribution in [0, 0.1) is 11.8 Å². The van der Waals surface area contributed by atoms with Crippen LogP contribution < -0.4 is 11.1 Å². The second-order valence-electron chi connectivity index (χ2n) is 6.93. The summed E-state index contributed by atoms with van der Waals surface area (Å²) in [5, 5.41) is 3.20. The van der Waals surface area contributed by atoms with Crippen molar-refractivity contribution >= 4 is 5.91 Å². The summed E-state index contributed by atoms with van der Waals surface area (Å²) in [6, 6.07) is 0.557. The Morgan fingerprint density at radius 3 is 2.16 bits per heavy atom. The molecule has 108 valence electrons. The van der Waals surface area contributed by atoms with Crippen LogP contribution in [0.3, 0.4) is 0 Å². The molecule has 1 amide bonds. The van der Waals surface area contributed by atoms with Gasteiger partial charge in [0.2, 0.25) is 5.91 Å². The van der Waals surface area contributed by atoms with Crippen molar-refractivity contribution in [2.24, 2.45) is 17.6 Å². The molecule has 0 aromatic heterocycles. The molecular weight excluding hydrogens is 238 g/mol. The maximum absolute atomic E-state index is 11.7. The van der Waals surface area contributed by atoms with Crippen molar-refractivity contribution in [2.45, 2.75) is 56.5 Å². The van der Waals surface area contributed by atoms with E-state index in [2.05, 4.69) is 10.2 Å². The van der Waals surface area contributed by atoms with Gasteiger partial charge in [0.1, 0.15) is 0 Å². The van der Waals surface area contributed by atoms with Crippen LogP contribution in [0.4, 0.5) is 0 Å². The first-order valence-electron chi connectivity index (χ1n) is 7.86. The van der Waals surface area contributed by atoms with E-state index in [9.17, 15) is 4.79 Å². The van der Waals surface area contributed by atoms with Gasteiger partial charge in [0.25, 0.3) is 0 Å². The van der Waals surface area contributed by atoms with Crippen molar-refractivity contribution in [3.05, 3.63) is 0 Å². The molecule has 0 bridgehead atoms. The lowest BCUT2D eigenvalue weighted by Crippen LogP contribution is -2.53. The monoisotopic (exact) mass is 265 g/mol. The van der Waals surface area contributed by atoms with E-state index in [1.165, 1.54) is 38.8 Å². The summed E-state index contributed by atoms with van der Waals surface area (Å²) in [6.07, 6.45) is 8.53. The molecule has 0 aromatic carbocycles. The quantitative estimate of drug-likeness (QED) is 0.725. The molecule has 0 aromatic rings. The Kier molecular flexibility index (Phi) is 3.56. The molecule has 0 saturated heterocycles. The standard InChI is InChI=1S/C15H27N3O/c1-17-15(14(16)19)7-6-13(8-15)18(9-11-2-3-11)10-12-4-5-12/h11-13,17H,2-10H2,1H3,(H2,16,19). The molecule has 2 atom stereocenters. The molecule has 3 aliphatic carbocycles. The highest BCUT2D eigenvalue weighted by molar-refractivity contribution is 5.85. The molecule has 3 fully saturated rings. The number of rotatable bonds is 7. The third-order valence-electron chi connectivity index (χ3n) is 5.33. The summed E-state index contributed by atoms with van der Waals surface area (Å²) < 4.78 is 0.